The van der Waals surface area contributed by atoms with Crippen molar-refractivity contribution in [2.24, 2.45) is 10.8 Å². The molecule has 1 aromatic heterocycles. The van der Waals surface area contributed by atoms with E-state index in [2.05, 4.69) is 22.1 Å². The second-order valence-electron chi connectivity index (χ2n) is 7.44. The van der Waals surface area contributed by atoms with E-state index in [4.69, 9.17) is 28.9 Å². The molecule has 0 atom stereocenters. The van der Waals surface area contributed by atoms with Crippen LogP contribution in [0.1, 0.15) is 41.2 Å². The predicted octanol–water partition coefficient (Wildman–Crippen LogP) is 3.69. The largest absolute Gasteiger partial charge is 0.326 e. The zero-order valence-electron chi connectivity index (χ0n) is 18.8. The Kier molecular flexibility index (Phi) is 7.73. The van der Waals surface area contributed by atoms with Crippen LogP contribution in [-0.4, -0.2) is 46.5 Å². The van der Waals surface area contributed by atoms with E-state index in [9.17, 15) is 9.59 Å². The SMILES string of the molecule is C=NN(CC)/C(=C\C)NC(=O)CN1Cc2nc(C)c(CN)c(-c3ccc(Cl)cc3Cl)c2C1=O. The number of hydrogen-bond donors (Lipinski definition) is 2. The first-order valence-electron chi connectivity index (χ1n) is 10.4. The molecule has 2 heterocycles. The van der Waals surface area contributed by atoms with Gasteiger partial charge in [0.05, 0.1) is 17.8 Å². The van der Waals surface area contributed by atoms with Crippen molar-refractivity contribution in [1.29, 1.82) is 0 Å². The summed E-state index contributed by atoms with van der Waals surface area (Å²) < 4.78 is 0. The van der Waals surface area contributed by atoms with Gasteiger partial charge in [-0.25, -0.2) is 0 Å². The third-order valence-electron chi connectivity index (χ3n) is 5.45. The second-order valence-corrected chi connectivity index (χ2v) is 8.28. The van der Waals surface area contributed by atoms with Gasteiger partial charge in [-0.05, 0) is 44.5 Å². The number of amides is 2. The molecule has 0 spiro atoms. The standard InChI is InChI=1S/C23H26Cl2N6O2/c1-5-19(31(6-2)27-4)29-20(32)12-30-11-18-22(23(30)33)21(16(10-26)13(3)28-18)15-8-7-14(24)9-17(15)25/h5,7-9H,4,6,10-12,26H2,1-3H3,(H,29,32)/b19-5-. The van der Waals surface area contributed by atoms with Crippen LogP contribution in [-0.2, 0) is 17.9 Å². The van der Waals surface area contributed by atoms with Gasteiger partial charge in [-0.2, -0.15) is 5.10 Å². The number of aromatic nitrogens is 1. The first-order valence-corrected chi connectivity index (χ1v) is 11.2. The molecule has 10 heteroatoms. The van der Waals surface area contributed by atoms with Crippen molar-refractivity contribution >= 4 is 41.7 Å². The molecule has 1 aliphatic heterocycles. The summed E-state index contributed by atoms with van der Waals surface area (Å²) in [5.41, 5.74) is 9.74. The van der Waals surface area contributed by atoms with E-state index in [1.54, 1.807) is 36.2 Å². The van der Waals surface area contributed by atoms with Crippen molar-refractivity contribution in [3.63, 3.8) is 0 Å². The van der Waals surface area contributed by atoms with E-state index in [0.717, 1.165) is 5.56 Å². The Balaban J connectivity index is 1.96. The summed E-state index contributed by atoms with van der Waals surface area (Å²) >= 11 is 12.6. The number of rotatable bonds is 8. The van der Waals surface area contributed by atoms with E-state index >= 15 is 0 Å². The summed E-state index contributed by atoms with van der Waals surface area (Å²) in [5.74, 6) is -0.164. The lowest BCUT2D eigenvalue weighted by molar-refractivity contribution is -0.121. The van der Waals surface area contributed by atoms with Crippen LogP contribution in [0.15, 0.2) is 35.2 Å². The van der Waals surface area contributed by atoms with E-state index in [0.29, 0.717) is 50.5 Å². The highest BCUT2D eigenvalue weighted by Crippen LogP contribution is 2.39. The molecule has 1 aromatic carbocycles. The third-order valence-corrected chi connectivity index (χ3v) is 6.00. The van der Waals surface area contributed by atoms with Crippen LogP contribution in [0.4, 0.5) is 0 Å². The number of benzene rings is 1. The minimum Gasteiger partial charge on any atom is -0.326 e. The van der Waals surface area contributed by atoms with Crippen LogP contribution >= 0.6 is 23.2 Å². The van der Waals surface area contributed by atoms with Crippen LogP contribution in [0.25, 0.3) is 11.1 Å². The van der Waals surface area contributed by atoms with Crippen molar-refractivity contribution in [2.75, 3.05) is 13.1 Å². The van der Waals surface area contributed by atoms with Gasteiger partial charge < -0.3 is 16.0 Å². The highest BCUT2D eigenvalue weighted by atomic mass is 35.5. The first-order chi connectivity index (χ1) is 15.7. The lowest BCUT2D eigenvalue weighted by Crippen LogP contribution is -2.40. The number of nitrogens with one attached hydrogen (secondary N) is 1. The monoisotopic (exact) mass is 488 g/mol. The number of carbonyl (C=O) groups is 2. The van der Waals surface area contributed by atoms with Crippen LogP contribution in [0.2, 0.25) is 10.0 Å². The predicted molar refractivity (Wildman–Crippen MR) is 131 cm³/mol. The number of allylic oxidation sites excluding steroid dienone is 1. The number of hydrazone groups is 1. The Bertz CT molecular complexity index is 1150. The van der Waals surface area contributed by atoms with E-state index in [-0.39, 0.29) is 31.4 Å². The highest BCUT2D eigenvalue weighted by Gasteiger charge is 2.35. The summed E-state index contributed by atoms with van der Waals surface area (Å²) in [5, 5.41) is 9.10. The average molecular weight is 489 g/mol. The Morgan fingerprint density at radius 2 is 2.12 bits per heavy atom. The fourth-order valence-electron chi connectivity index (χ4n) is 3.91. The van der Waals surface area contributed by atoms with E-state index in [1.807, 2.05) is 13.8 Å². The molecule has 0 bridgehead atoms. The lowest BCUT2D eigenvalue weighted by atomic mass is 9.93. The molecule has 3 rings (SSSR count). The summed E-state index contributed by atoms with van der Waals surface area (Å²) in [7, 11) is 0. The number of fused-ring (bicyclic) bond motifs is 1. The normalized spacial score (nSPS) is 13.2. The number of nitrogens with zero attached hydrogens (tertiary/aromatic N) is 4. The molecule has 0 saturated carbocycles. The van der Waals surface area contributed by atoms with Crippen molar-refractivity contribution < 1.29 is 9.59 Å². The summed E-state index contributed by atoms with van der Waals surface area (Å²) in [6.45, 7) is 9.79. The number of hydrogen-bond acceptors (Lipinski definition) is 6. The van der Waals surface area contributed by atoms with Gasteiger partial charge in [0, 0.05) is 46.7 Å². The number of aryl methyl sites for hydroxylation is 1. The molecule has 0 fully saturated rings. The summed E-state index contributed by atoms with van der Waals surface area (Å²) in [4.78, 5) is 32.2. The Morgan fingerprint density at radius 1 is 1.39 bits per heavy atom. The van der Waals surface area contributed by atoms with Crippen LogP contribution in [0.3, 0.4) is 0 Å². The zero-order chi connectivity index (χ0) is 24.3. The van der Waals surface area contributed by atoms with Gasteiger partial charge in [0.25, 0.3) is 5.91 Å². The lowest BCUT2D eigenvalue weighted by Gasteiger charge is -2.22. The van der Waals surface area contributed by atoms with Crippen molar-refractivity contribution in [3.8, 4) is 11.1 Å². The van der Waals surface area contributed by atoms with Gasteiger partial charge in [-0.1, -0.05) is 29.3 Å². The molecule has 0 aliphatic carbocycles. The van der Waals surface area contributed by atoms with Gasteiger partial charge in [0.2, 0.25) is 5.91 Å². The average Bonchev–Trinajstić information content (AvgIpc) is 3.07. The molecule has 174 valence electrons. The molecular formula is C23H26Cl2N6O2. The highest BCUT2D eigenvalue weighted by molar-refractivity contribution is 6.36. The number of halogens is 2. The Morgan fingerprint density at radius 3 is 2.70 bits per heavy atom. The van der Waals surface area contributed by atoms with Crippen LogP contribution in [0, 0.1) is 6.92 Å². The first kappa shape index (κ1) is 24.7. The summed E-state index contributed by atoms with van der Waals surface area (Å²) in [6.07, 6.45) is 1.72. The van der Waals surface area contributed by atoms with E-state index in [1.165, 1.54) is 4.90 Å². The maximum atomic E-state index is 13.4. The van der Waals surface area contributed by atoms with Crippen molar-refractivity contribution in [2.45, 2.75) is 33.9 Å². The van der Waals surface area contributed by atoms with E-state index < -0.39 is 0 Å². The molecule has 2 aromatic rings. The molecule has 8 nitrogen and oxygen atoms in total. The molecule has 2 amide bonds. The summed E-state index contributed by atoms with van der Waals surface area (Å²) in [6, 6.07) is 5.10. The molecule has 0 unspecified atom stereocenters. The van der Waals surface area contributed by atoms with Crippen LogP contribution in [0.5, 0.6) is 0 Å². The van der Waals surface area contributed by atoms with Gasteiger partial charge in [0.1, 0.15) is 12.4 Å². The number of pyridine rings is 1. The minimum atomic E-state index is -0.354. The third kappa shape index (κ3) is 4.88. The van der Waals surface area contributed by atoms with Crippen molar-refractivity contribution in [3.05, 3.63) is 62.7 Å². The maximum absolute atomic E-state index is 13.4. The van der Waals surface area contributed by atoms with Gasteiger partial charge in [0.15, 0.2) is 0 Å². The smallest absolute Gasteiger partial charge is 0.257 e. The molecule has 3 N–H and O–H groups in total. The molecular weight excluding hydrogens is 463 g/mol. The second kappa shape index (κ2) is 10.3. The fraction of sp³-hybridized carbons (Fsp3) is 0.304. The molecule has 0 saturated heterocycles. The molecule has 1 aliphatic rings. The number of nitrogens with two attached hydrogens (primary N) is 1. The molecule has 0 radical (unpaired) electrons. The van der Waals surface area contributed by atoms with Gasteiger partial charge >= 0.3 is 0 Å². The minimum absolute atomic E-state index is 0.147. The Labute approximate surface area is 203 Å². The Hall–Kier alpha value is -2.94. The van der Waals surface area contributed by atoms with Gasteiger partial charge in [-0.3, -0.25) is 19.6 Å². The quantitative estimate of drug-likeness (QED) is 0.435. The van der Waals surface area contributed by atoms with Crippen molar-refractivity contribution in [1.82, 2.24) is 20.2 Å². The zero-order valence-corrected chi connectivity index (χ0v) is 20.3. The topological polar surface area (TPSA) is 104 Å². The van der Waals surface area contributed by atoms with Gasteiger partial charge in [-0.15, -0.1) is 0 Å². The molecule has 33 heavy (non-hydrogen) atoms. The number of carbonyl (C=O) groups excluding carboxylic acids is 2. The fourth-order valence-corrected chi connectivity index (χ4v) is 4.42. The maximum Gasteiger partial charge on any atom is 0.257 e. The van der Waals surface area contributed by atoms with Crippen LogP contribution < -0.4 is 11.1 Å².